The first-order valence-electron chi connectivity index (χ1n) is 6.86. The van der Waals surface area contributed by atoms with Gasteiger partial charge in [-0.1, -0.05) is 6.42 Å². The van der Waals surface area contributed by atoms with Crippen LogP contribution in [-0.2, 0) is 9.53 Å². The first-order valence-corrected chi connectivity index (χ1v) is 6.86. The first-order chi connectivity index (χ1) is 9.00. The predicted molar refractivity (Wildman–Crippen MR) is 71.0 cm³/mol. The fourth-order valence-electron chi connectivity index (χ4n) is 2.35. The van der Waals surface area contributed by atoms with E-state index in [1.165, 1.54) is 0 Å². The molecule has 0 aliphatic heterocycles. The number of carbonyl (C=O) groups excluding carboxylic acids is 1. The average Bonchev–Trinajstić information content (AvgIpc) is 2.80. The minimum Gasteiger partial charge on any atom is -0.481 e. The molecule has 6 heteroatoms. The second-order valence-electron chi connectivity index (χ2n) is 5.19. The van der Waals surface area contributed by atoms with E-state index in [-0.39, 0.29) is 24.0 Å². The molecule has 1 fully saturated rings. The first kappa shape index (κ1) is 15.8. The molecule has 0 heterocycles. The van der Waals surface area contributed by atoms with E-state index in [0.29, 0.717) is 26.1 Å². The molecule has 1 rings (SSSR count). The van der Waals surface area contributed by atoms with Crippen molar-refractivity contribution in [2.75, 3.05) is 19.7 Å². The van der Waals surface area contributed by atoms with Gasteiger partial charge in [-0.25, -0.2) is 4.79 Å². The number of rotatable bonds is 7. The van der Waals surface area contributed by atoms with E-state index < -0.39 is 5.97 Å². The Morgan fingerprint density at radius 2 is 2.05 bits per heavy atom. The van der Waals surface area contributed by atoms with Crippen LogP contribution in [0.1, 0.15) is 33.1 Å². The largest absolute Gasteiger partial charge is 0.481 e. The van der Waals surface area contributed by atoms with Crippen molar-refractivity contribution in [1.82, 2.24) is 10.6 Å². The molecule has 110 valence electrons. The van der Waals surface area contributed by atoms with Gasteiger partial charge in [0.2, 0.25) is 0 Å². The van der Waals surface area contributed by atoms with Gasteiger partial charge >= 0.3 is 12.0 Å². The number of nitrogens with one attached hydrogen (secondary N) is 2. The summed E-state index contributed by atoms with van der Waals surface area (Å²) in [7, 11) is 0. The second-order valence-corrected chi connectivity index (χ2v) is 5.19. The third-order valence-electron chi connectivity index (χ3n) is 3.34. The van der Waals surface area contributed by atoms with Crippen LogP contribution in [0.15, 0.2) is 0 Å². The van der Waals surface area contributed by atoms with E-state index in [2.05, 4.69) is 10.6 Å². The van der Waals surface area contributed by atoms with E-state index in [4.69, 9.17) is 9.84 Å². The predicted octanol–water partition coefficient (Wildman–Crippen LogP) is 1.21. The highest BCUT2D eigenvalue weighted by Gasteiger charge is 2.32. The maximum Gasteiger partial charge on any atom is 0.314 e. The van der Waals surface area contributed by atoms with Crippen molar-refractivity contribution >= 4 is 12.0 Å². The Morgan fingerprint density at radius 1 is 1.32 bits per heavy atom. The zero-order valence-electron chi connectivity index (χ0n) is 11.6. The molecule has 19 heavy (non-hydrogen) atoms. The SMILES string of the molecule is CC(C)OCCNC(=O)NCC1CCCC1C(=O)O. The smallest absolute Gasteiger partial charge is 0.314 e. The highest BCUT2D eigenvalue weighted by Crippen LogP contribution is 2.31. The summed E-state index contributed by atoms with van der Waals surface area (Å²) in [6.45, 7) is 5.23. The van der Waals surface area contributed by atoms with Crippen LogP contribution in [0, 0.1) is 11.8 Å². The standard InChI is InChI=1S/C13H24N2O4/c1-9(2)19-7-6-14-13(18)15-8-10-4-3-5-11(10)12(16)17/h9-11H,3-8H2,1-2H3,(H,16,17)(H2,14,15,18). The summed E-state index contributed by atoms with van der Waals surface area (Å²) in [5, 5.41) is 14.4. The van der Waals surface area contributed by atoms with Crippen LogP contribution in [0.2, 0.25) is 0 Å². The Kier molecular flexibility index (Phi) is 6.62. The molecule has 6 nitrogen and oxygen atoms in total. The number of amides is 2. The second kappa shape index (κ2) is 7.99. The molecule has 0 aromatic heterocycles. The van der Waals surface area contributed by atoms with Crippen molar-refractivity contribution in [2.24, 2.45) is 11.8 Å². The summed E-state index contributed by atoms with van der Waals surface area (Å²) in [5.74, 6) is -1.02. The summed E-state index contributed by atoms with van der Waals surface area (Å²) in [6.07, 6.45) is 2.66. The van der Waals surface area contributed by atoms with Crippen molar-refractivity contribution in [1.29, 1.82) is 0 Å². The molecule has 2 amide bonds. The molecule has 1 saturated carbocycles. The number of ether oxygens (including phenoxy) is 1. The summed E-state index contributed by atoms with van der Waals surface area (Å²) in [5.41, 5.74) is 0. The Morgan fingerprint density at radius 3 is 2.68 bits per heavy atom. The van der Waals surface area contributed by atoms with Gasteiger partial charge in [-0.15, -0.1) is 0 Å². The highest BCUT2D eigenvalue weighted by atomic mass is 16.5. The van der Waals surface area contributed by atoms with Gasteiger partial charge in [-0.05, 0) is 32.6 Å². The van der Waals surface area contributed by atoms with Crippen LogP contribution in [0.5, 0.6) is 0 Å². The maximum absolute atomic E-state index is 11.5. The molecule has 2 unspecified atom stereocenters. The fraction of sp³-hybridized carbons (Fsp3) is 0.846. The van der Waals surface area contributed by atoms with Gasteiger partial charge in [-0.2, -0.15) is 0 Å². The molecule has 1 aliphatic rings. The van der Waals surface area contributed by atoms with Gasteiger partial charge in [0.15, 0.2) is 0 Å². The van der Waals surface area contributed by atoms with Gasteiger partial charge < -0.3 is 20.5 Å². The Labute approximate surface area is 113 Å². The number of urea groups is 1. The van der Waals surface area contributed by atoms with Crippen molar-refractivity contribution in [3.63, 3.8) is 0 Å². The Hall–Kier alpha value is -1.30. The van der Waals surface area contributed by atoms with Crippen molar-refractivity contribution in [2.45, 2.75) is 39.2 Å². The van der Waals surface area contributed by atoms with Crippen molar-refractivity contribution in [3.8, 4) is 0 Å². The number of carbonyl (C=O) groups is 2. The van der Waals surface area contributed by atoms with Crippen LogP contribution < -0.4 is 10.6 Å². The third kappa shape index (κ3) is 5.92. The molecule has 0 bridgehead atoms. The lowest BCUT2D eigenvalue weighted by molar-refractivity contribution is -0.142. The van der Waals surface area contributed by atoms with E-state index in [1.807, 2.05) is 13.8 Å². The van der Waals surface area contributed by atoms with Gasteiger partial charge in [-0.3, -0.25) is 4.79 Å². The number of carboxylic acids is 1. The molecule has 0 radical (unpaired) electrons. The molecule has 0 saturated heterocycles. The van der Waals surface area contributed by atoms with E-state index in [9.17, 15) is 9.59 Å². The molecule has 0 aromatic rings. The summed E-state index contributed by atoms with van der Waals surface area (Å²) < 4.78 is 5.30. The maximum atomic E-state index is 11.5. The zero-order valence-corrected chi connectivity index (χ0v) is 11.6. The molecule has 1 aliphatic carbocycles. The average molecular weight is 272 g/mol. The highest BCUT2D eigenvalue weighted by molar-refractivity contribution is 5.74. The molecular formula is C13H24N2O4. The van der Waals surface area contributed by atoms with Gasteiger partial charge in [0.1, 0.15) is 0 Å². The van der Waals surface area contributed by atoms with Crippen LogP contribution in [0.4, 0.5) is 4.79 Å². The fourth-order valence-corrected chi connectivity index (χ4v) is 2.35. The number of hydrogen-bond donors (Lipinski definition) is 3. The summed E-state index contributed by atoms with van der Waals surface area (Å²) in [6, 6.07) is -0.261. The van der Waals surface area contributed by atoms with Gasteiger partial charge in [0, 0.05) is 13.1 Å². The van der Waals surface area contributed by atoms with Crippen LogP contribution >= 0.6 is 0 Å². The van der Waals surface area contributed by atoms with E-state index in [0.717, 1.165) is 12.8 Å². The Bertz CT molecular complexity index is 307. The minimum atomic E-state index is -0.755. The lowest BCUT2D eigenvalue weighted by Crippen LogP contribution is -2.41. The van der Waals surface area contributed by atoms with Gasteiger partial charge in [0.05, 0.1) is 18.6 Å². The lowest BCUT2D eigenvalue weighted by atomic mass is 9.96. The quantitative estimate of drug-likeness (QED) is 0.608. The number of hydrogen-bond acceptors (Lipinski definition) is 3. The van der Waals surface area contributed by atoms with Crippen LogP contribution in [0.25, 0.3) is 0 Å². The van der Waals surface area contributed by atoms with Gasteiger partial charge in [0.25, 0.3) is 0 Å². The van der Waals surface area contributed by atoms with Crippen LogP contribution in [0.3, 0.4) is 0 Å². The molecule has 0 aromatic carbocycles. The molecule has 3 N–H and O–H groups in total. The zero-order chi connectivity index (χ0) is 14.3. The normalized spacial score (nSPS) is 22.5. The topological polar surface area (TPSA) is 87.7 Å². The number of carboxylic acid groups (broad SMARTS) is 1. The van der Waals surface area contributed by atoms with Crippen molar-refractivity contribution < 1.29 is 19.4 Å². The van der Waals surface area contributed by atoms with E-state index in [1.54, 1.807) is 0 Å². The Balaban J connectivity index is 2.14. The summed E-state index contributed by atoms with van der Waals surface area (Å²) >= 11 is 0. The number of aliphatic carboxylic acids is 1. The minimum absolute atomic E-state index is 0.0511. The molecule has 2 atom stereocenters. The monoisotopic (exact) mass is 272 g/mol. The third-order valence-corrected chi connectivity index (χ3v) is 3.34. The van der Waals surface area contributed by atoms with E-state index >= 15 is 0 Å². The summed E-state index contributed by atoms with van der Waals surface area (Å²) in [4.78, 5) is 22.5. The molecular weight excluding hydrogens is 248 g/mol. The molecule has 0 spiro atoms. The van der Waals surface area contributed by atoms with Crippen molar-refractivity contribution in [3.05, 3.63) is 0 Å². The lowest BCUT2D eigenvalue weighted by Gasteiger charge is -2.16. The van der Waals surface area contributed by atoms with Crippen LogP contribution in [-0.4, -0.2) is 42.9 Å².